The van der Waals surface area contributed by atoms with Crippen LogP contribution in [-0.4, -0.2) is 36.6 Å². The van der Waals surface area contributed by atoms with Gasteiger partial charge < -0.3 is 15.4 Å². The van der Waals surface area contributed by atoms with Crippen molar-refractivity contribution in [2.45, 2.75) is 20.3 Å². The van der Waals surface area contributed by atoms with Gasteiger partial charge in [0.15, 0.2) is 0 Å². The van der Waals surface area contributed by atoms with Crippen molar-refractivity contribution >= 4 is 17.7 Å². The van der Waals surface area contributed by atoms with E-state index in [0.717, 1.165) is 6.42 Å². The maximum absolute atomic E-state index is 11.5. The van der Waals surface area contributed by atoms with Crippen LogP contribution in [0.3, 0.4) is 0 Å². The Morgan fingerprint density at radius 2 is 2.11 bits per heavy atom. The molecule has 1 aromatic rings. The summed E-state index contributed by atoms with van der Waals surface area (Å²) < 4.78 is 4.92. The topological polar surface area (TPSA) is 85.5 Å². The second-order valence-electron chi connectivity index (χ2n) is 4.00. The van der Waals surface area contributed by atoms with E-state index < -0.39 is 5.91 Å². The van der Waals surface area contributed by atoms with E-state index in [0.29, 0.717) is 24.5 Å². The molecule has 1 amide bonds. The monoisotopic (exact) mass is 265 g/mol. The highest BCUT2D eigenvalue weighted by Gasteiger charge is 2.13. The van der Waals surface area contributed by atoms with Gasteiger partial charge in [-0.2, -0.15) is 0 Å². The quantitative estimate of drug-likeness (QED) is 0.742. The first-order valence-corrected chi connectivity index (χ1v) is 6.24. The molecular formula is C13H19N3O3. The van der Waals surface area contributed by atoms with E-state index in [-0.39, 0.29) is 12.5 Å². The van der Waals surface area contributed by atoms with Crippen LogP contribution >= 0.6 is 0 Å². The van der Waals surface area contributed by atoms with Crippen molar-refractivity contribution in [2.75, 3.05) is 24.6 Å². The summed E-state index contributed by atoms with van der Waals surface area (Å²) in [6.45, 7) is 4.96. The van der Waals surface area contributed by atoms with Gasteiger partial charge in [0.2, 0.25) is 5.91 Å². The van der Waals surface area contributed by atoms with Crippen molar-refractivity contribution < 1.29 is 14.3 Å². The molecule has 0 aliphatic heterocycles. The summed E-state index contributed by atoms with van der Waals surface area (Å²) in [5, 5.41) is 0. The van der Waals surface area contributed by atoms with Crippen LogP contribution in [0.15, 0.2) is 18.3 Å². The van der Waals surface area contributed by atoms with Crippen molar-refractivity contribution in [3.8, 4) is 0 Å². The van der Waals surface area contributed by atoms with Crippen LogP contribution in [0.4, 0.5) is 5.82 Å². The third-order valence-corrected chi connectivity index (χ3v) is 2.48. The van der Waals surface area contributed by atoms with E-state index >= 15 is 0 Å². The first kappa shape index (κ1) is 14.9. The second-order valence-corrected chi connectivity index (χ2v) is 4.00. The Morgan fingerprint density at radius 1 is 1.37 bits per heavy atom. The Balaban J connectivity index is 2.80. The van der Waals surface area contributed by atoms with Gasteiger partial charge in [0.1, 0.15) is 12.4 Å². The minimum Gasteiger partial charge on any atom is -0.465 e. The van der Waals surface area contributed by atoms with Crippen LogP contribution in [-0.2, 0) is 9.53 Å². The van der Waals surface area contributed by atoms with Gasteiger partial charge in [0.05, 0.1) is 12.2 Å². The summed E-state index contributed by atoms with van der Waals surface area (Å²) in [7, 11) is 0. The predicted molar refractivity (Wildman–Crippen MR) is 71.9 cm³/mol. The molecule has 0 unspecified atom stereocenters. The van der Waals surface area contributed by atoms with Crippen LogP contribution < -0.4 is 10.6 Å². The van der Waals surface area contributed by atoms with Gasteiger partial charge in [-0.25, -0.2) is 4.98 Å². The third-order valence-electron chi connectivity index (χ3n) is 2.48. The van der Waals surface area contributed by atoms with Gasteiger partial charge >= 0.3 is 5.97 Å². The molecule has 0 bridgehead atoms. The molecule has 1 aromatic heterocycles. The molecule has 104 valence electrons. The normalized spacial score (nSPS) is 10.0. The Hall–Kier alpha value is -2.11. The van der Waals surface area contributed by atoms with E-state index in [2.05, 4.69) is 4.98 Å². The van der Waals surface area contributed by atoms with Gasteiger partial charge in [-0.1, -0.05) is 6.92 Å². The average molecular weight is 265 g/mol. The van der Waals surface area contributed by atoms with Crippen LogP contribution in [0.2, 0.25) is 0 Å². The van der Waals surface area contributed by atoms with Gasteiger partial charge in [-0.3, -0.25) is 9.59 Å². The zero-order valence-corrected chi connectivity index (χ0v) is 11.3. The van der Waals surface area contributed by atoms with Crippen LogP contribution in [0, 0.1) is 0 Å². The summed E-state index contributed by atoms with van der Waals surface area (Å²) in [4.78, 5) is 28.4. The minimum absolute atomic E-state index is 0.143. The lowest BCUT2D eigenvalue weighted by Gasteiger charge is -2.22. The van der Waals surface area contributed by atoms with Crippen LogP contribution in [0.1, 0.15) is 30.6 Å². The number of hydrogen-bond acceptors (Lipinski definition) is 5. The van der Waals surface area contributed by atoms with Gasteiger partial charge in [-0.15, -0.1) is 0 Å². The fourth-order valence-electron chi connectivity index (χ4n) is 1.63. The largest absolute Gasteiger partial charge is 0.465 e. The Labute approximate surface area is 112 Å². The number of nitrogens with two attached hydrogens (primary N) is 1. The zero-order chi connectivity index (χ0) is 14.3. The zero-order valence-electron chi connectivity index (χ0n) is 11.3. The number of rotatable bonds is 7. The van der Waals surface area contributed by atoms with Gasteiger partial charge in [-0.05, 0) is 25.5 Å². The first-order valence-electron chi connectivity index (χ1n) is 6.24. The lowest BCUT2D eigenvalue weighted by Crippen LogP contribution is -2.32. The molecule has 19 heavy (non-hydrogen) atoms. The van der Waals surface area contributed by atoms with Crippen molar-refractivity contribution in [1.82, 2.24) is 4.98 Å². The number of carbonyl (C=O) groups excluding carboxylic acids is 2. The number of esters is 1. The molecule has 0 fully saturated rings. The summed E-state index contributed by atoms with van der Waals surface area (Å²) in [5.74, 6) is -0.192. The number of amides is 1. The Kier molecular flexibility index (Phi) is 5.78. The van der Waals surface area contributed by atoms with Crippen molar-refractivity contribution in [1.29, 1.82) is 0 Å². The number of nitrogens with zero attached hydrogens (tertiary/aromatic N) is 2. The first-order chi connectivity index (χ1) is 9.08. The van der Waals surface area contributed by atoms with E-state index in [4.69, 9.17) is 10.5 Å². The van der Waals surface area contributed by atoms with Gasteiger partial charge in [0, 0.05) is 12.7 Å². The fraction of sp³-hybridized carbons (Fsp3) is 0.462. The Morgan fingerprint density at radius 3 is 2.58 bits per heavy atom. The lowest BCUT2D eigenvalue weighted by atomic mass is 10.2. The average Bonchev–Trinajstić information content (AvgIpc) is 2.38. The molecule has 0 aliphatic carbocycles. The molecule has 0 atom stereocenters. The van der Waals surface area contributed by atoms with Gasteiger partial charge in [0.25, 0.3) is 0 Å². The smallest absolute Gasteiger partial charge is 0.325 e. The van der Waals surface area contributed by atoms with Crippen LogP contribution in [0.25, 0.3) is 0 Å². The molecule has 6 nitrogen and oxygen atoms in total. The van der Waals surface area contributed by atoms with E-state index in [1.807, 2.05) is 11.8 Å². The molecule has 0 saturated heterocycles. The van der Waals surface area contributed by atoms with E-state index in [9.17, 15) is 9.59 Å². The molecule has 0 saturated carbocycles. The summed E-state index contributed by atoms with van der Waals surface area (Å²) in [6.07, 6.45) is 2.28. The molecular weight excluding hydrogens is 246 g/mol. The number of pyridine rings is 1. The fourth-order valence-corrected chi connectivity index (χ4v) is 1.63. The minimum atomic E-state index is -0.522. The lowest BCUT2D eigenvalue weighted by molar-refractivity contribution is -0.141. The molecule has 1 rings (SSSR count). The number of primary amides is 1. The number of hydrogen-bond donors (Lipinski definition) is 1. The molecule has 0 aromatic carbocycles. The highest BCUT2D eigenvalue weighted by molar-refractivity contribution is 5.92. The molecule has 0 spiro atoms. The van der Waals surface area contributed by atoms with Crippen molar-refractivity contribution in [2.24, 2.45) is 5.73 Å². The summed E-state index contributed by atoms with van der Waals surface area (Å²) in [6, 6.07) is 3.27. The maximum Gasteiger partial charge on any atom is 0.325 e. The summed E-state index contributed by atoms with van der Waals surface area (Å²) >= 11 is 0. The molecule has 2 N–H and O–H groups in total. The predicted octanol–water partition coefficient (Wildman–Crippen LogP) is 0.960. The van der Waals surface area contributed by atoms with E-state index in [1.165, 1.54) is 6.20 Å². The second kappa shape index (κ2) is 7.35. The highest BCUT2D eigenvalue weighted by Crippen LogP contribution is 2.11. The number of ether oxygens (including phenoxy) is 1. The van der Waals surface area contributed by atoms with Crippen LogP contribution in [0.5, 0.6) is 0 Å². The third kappa shape index (κ3) is 4.57. The molecule has 0 aliphatic rings. The van der Waals surface area contributed by atoms with E-state index in [1.54, 1.807) is 19.1 Å². The molecule has 6 heteroatoms. The van der Waals surface area contributed by atoms with Crippen molar-refractivity contribution in [3.05, 3.63) is 23.9 Å². The molecule has 1 heterocycles. The Bertz CT molecular complexity index is 431. The number of aromatic nitrogens is 1. The molecule has 0 radical (unpaired) electrons. The van der Waals surface area contributed by atoms with Crippen molar-refractivity contribution in [3.63, 3.8) is 0 Å². The summed E-state index contributed by atoms with van der Waals surface area (Å²) in [5.41, 5.74) is 5.50. The number of anilines is 1. The number of carbonyl (C=O) groups is 2. The standard InChI is InChI=1S/C13H19N3O3/c1-3-7-16(9-12(17)19-4-2)11-6-5-10(8-15-11)13(14)18/h5-6,8H,3-4,7,9H2,1-2H3,(H2,14,18). The maximum atomic E-state index is 11.5. The highest BCUT2D eigenvalue weighted by atomic mass is 16.5. The SMILES string of the molecule is CCCN(CC(=O)OCC)c1ccc(C(N)=O)cn1.